The van der Waals surface area contributed by atoms with Gasteiger partial charge in [-0.05, 0) is 37.5 Å². The van der Waals surface area contributed by atoms with Crippen LogP contribution in [-0.2, 0) is 9.53 Å². The molecule has 19 heavy (non-hydrogen) atoms. The number of carboxylic acid groups (broad SMARTS) is 1. The standard InChI is InChI=1S/C15H27NO3/c1-10(2)15(14(17)18)6-4-12(8-15)16-13-5-7-19-9-11(13)3/h10-13,16H,4-9H2,1-3H3,(H,17,18)/t11-,12+,13?,15-/m0/s1. The fourth-order valence-electron chi connectivity index (χ4n) is 3.61. The average molecular weight is 269 g/mol. The molecule has 2 fully saturated rings. The molecule has 2 rings (SSSR count). The third kappa shape index (κ3) is 2.95. The molecular formula is C15H27NO3. The van der Waals surface area contributed by atoms with Crippen molar-refractivity contribution in [3.63, 3.8) is 0 Å². The normalized spacial score (nSPS) is 39.7. The lowest BCUT2D eigenvalue weighted by Crippen LogP contribution is -2.46. The van der Waals surface area contributed by atoms with E-state index in [1.807, 2.05) is 13.8 Å². The fourth-order valence-corrected chi connectivity index (χ4v) is 3.61. The molecule has 0 spiro atoms. The first-order valence-corrected chi connectivity index (χ1v) is 7.53. The Kier molecular flexibility index (Phi) is 4.51. The largest absolute Gasteiger partial charge is 0.481 e. The summed E-state index contributed by atoms with van der Waals surface area (Å²) in [6.07, 6.45) is 3.59. The Morgan fingerprint density at radius 3 is 2.68 bits per heavy atom. The van der Waals surface area contributed by atoms with Crippen LogP contribution in [0.15, 0.2) is 0 Å². The van der Waals surface area contributed by atoms with Crippen LogP contribution in [0.4, 0.5) is 0 Å². The monoisotopic (exact) mass is 269 g/mol. The molecule has 2 aliphatic rings. The van der Waals surface area contributed by atoms with E-state index in [-0.39, 0.29) is 5.92 Å². The summed E-state index contributed by atoms with van der Waals surface area (Å²) in [6.45, 7) is 7.92. The number of aliphatic carboxylic acids is 1. The molecule has 1 saturated heterocycles. The van der Waals surface area contributed by atoms with Crippen molar-refractivity contribution in [2.24, 2.45) is 17.3 Å². The van der Waals surface area contributed by atoms with Crippen LogP contribution in [-0.4, -0.2) is 36.4 Å². The van der Waals surface area contributed by atoms with Gasteiger partial charge in [0.25, 0.3) is 0 Å². The lowest BCUT2D eigenvalue weighted by atomic mass is 9.75. The minimum absolute atomic E-state index is 0.198. The molecule has 0 aromatic rings. The van der Waals surface area contributed by atoms with Gasteiger partial charge in [0.05, 0.1) is 12.0 Å². The smallest absolute Gasteiger partial charge is 0.309 e. The predicted molar refractivity (Wildman–Crippen MR) is 74.1 cm³/mol. The zero-order chi connectivity index (χ0) is 14.0. The molecule has 0 amide bonds. The zero-order valence-corrected chi connectivity index (χ0v) is 12.3. The predicted octanol–water partition coefficient (Wildman–Crippen LogP) is 2.28. The summed E-state index contributed by atoms with van der Waals surface area (Å²) >= 11 is 0. The van der Waals surface area contributed by atoms with E-state index in [1.165, 1.54) is 0 Å². The van der Waals surface area contributed by atoms with Gasteiger partial charge in [-0.2, -0.15) is 0 Å². The van der Waals surface area contributed by atoms with Crippen molar-refractivity contribution in [3.8, 4) is 0 Å². The molecule has 0 bridgehead atoms. The van der Waals surface area contributed by atoms with Gasteiger partial charge in [-0.3, -0.25) is 4.79 Å². The summed E-state index contributed by atoms with van der Waals surface area (Å²) in [5.74, 6) is 0.100. The molecule has 1 heterocycles. The van der Waals surface area contributed by atoms with Crippen LogP contribution in [0.3, 0.4) is 0 Å². The first-order valence-electron chi connectivity index (χ1n) is 7.53. The van der Waals surface area contributed by atoms with Crippen LogP contribution in [0.5, 0.6) is 0 Å². The maximum Gasteiger partial charge on any atom is 0.309 e. The SMILES string of the molecule is CC(C)[C@]1(C(=O)O)CC[C@@H](NC2CCOC[C@@H]2C)C1. The lowest BCUT2D eigenvalue weighted by molar-refractivity contribution is -0.151. The Morgan fingerprint density at radius 2 is 2.16 bits per heavy atom. The summed E-state index contributed by atoms with van der Waals surface area (Å²) in [4.78, 5) is 11.6. The number of nitrogens with one attached hydrogen (secondary N) is 1. The van der Waals surface area contributed by atoms with E-state index < -0.39 is 11.4 Å². The van der Waals surface area contributed by atoms with Crippen LogP contribution in [0, 0.1) is 17.3 Å². The number of ether oxygens (including phenoxy) is 1. The Balaban J connectivity index is 1.95. The van der Waals surface area contributed by atoms with E-state index in [0.29, 0.717) is 18.0 Å². The van der Waals surface area contributed by atoms with Crippen molar-refractivity contribution in [1.82, 2.24) is 5.32 Å². The highest BCUT2D eigenvalue weighted by Crippen LogP contribution is 2.44. The van der Waals surface area contributed by atoms with Gasteiger partial charge < -0.3 is 15.2 Å². The molecule has 1 saturated carbocycles. The van der Waals surface area contributed by atoms with Crippen molar-refractivity contribution in [3.05, 3.63) is 0 Å². The van der Waals surface area contributed by atoms with Gasteiger partial charge in [0.1, 0.15) is 0 Å². The van der Waals surface area contributed by atoms with Gasteiger partial charge in [0.2, 0.25) is 0 Å². The first-order chi connectivity index (χ1) is 8.95. The maximum absolute atomic E-state index is 11.6. The Morgan fingerprint density at radius 1 is 1.42 bits per heavy atom. The molecule has 4 atom stereocenters. The number of carboxylic acids is 1. The first kappa shape index (κ1) is 14.8. The molecule has 4 nitrogen and oxygen atoms in total. The van der Waals surface area contributed by atoms with Gasteiger partial charge >= 0.3 is 5.97 Å². The van der Waals surface area contributed by atoms with Gasteiger partial charge in [0.15, 0.2) is 0 Å². The molecule has 0 radical (unpaired) electrons. The molecule has 0 aromatic heterocycles. The summed E-state index contributed by atoms with van der Waals surface area (Å²) in [5, 5.41) is 13.3. The highest BCUT2D eigenvalue weighted by Gasteiger charge is 2.48. The number of rotatable bonds is 4. The van der Waals surface area contributed by atoms with Crippen molar-refractivity contribution in [1.29, 1.82) is 0 Å². The van der Waals surface area contributed by atoms with Crippen LogP contribution in [0.1, 0.15) is 46.5 Å². The van der Waals surface area contributed by atoms with Crippen LogP contribution < -0.4 is 5.32 Å². The van der Waals surface area contributed by atoms with E-state index in [2.05, 4.69) is 12.2 Å². The van der Waals surface area contributed by atoms with Crippen molar-refractivity contribution in [2.45, 2.75) is 58.5 Å². The molecule has 2 N–H and O–H groups in total. The Bertz CT molecular complexity index is 331. The maximum atomic E-state index is 11.6. The summed E-state index contributed by atoms with van der Waals surface area (Å²) in [5.41, 5.74) is -0.522. The summed E-state index contributed by atoms with van der Waals surface area (Å²) < 4.78 is 5.46. The average Bonchev–Trinajstić information content (AvgIpc) is 2.77. The molecular weight excluding hydrogens is 242 g/mol. The van der Waals surface area contributed by atoms with Crippen LogP contribution >= 0.6 is 0 Å². The molecule has 110 valence electrons. The van der Waals surface area contributed by atoms with Gasteiger partial charge in [-0.15, -0.1) is 0 Å². The van der Waals surface area contributed by atoms with Gasteiger partial charge in [-0.25, -0.2) is 0 Å². The topological polar surface area (TPSA) is 58.6 Å². The van der Waals surface area contributed by atoms with Gasteiger partial charge in [-0.1, -0.05) is 20.8 Å². The summed E-state index contributed by atoms with van der Waals surface area (Å²) in [6, 6.07) is 0.833. The van der Waals surface area contributed by atoms with Crippen LogP contribution in [0.25, 0.3) is 0 Å². The van der Waals surface area contributed by atoms with E-state index in [4.69, 9.17) is 4.74 Å². The minimum Gasteiger partial charge on any atom is -0.481 e. The van der Waals surface area contributed by atoms with Crippen molar-refractivity contribution >= 4 is 5.97 Å². The quantitative estimate of drug-likeness (QED) is 0.822. The highest BCUT2D eigenvalue weighted by atomic mass is 16.5. The number of hydrogen-bond donors (Lipinski definition) is 2. The number of hydrogen-bond acceptors (Lipinski definition) is 3. The summed E-state index contributed by atoms with van der Waals surface area (Å²) in [7, 11) is 0. The molecule has 1 aliphatic heterocycles. The Hall–Kier alpha value is -0.610. The number of carbonyl (C=O) groups is 1. The van der Waals surface area contributed by atoms with Gasteiger partial charge in [0, 0.05) is 18.7 Å². The third-order valence-electron chi connectivity index (χ3n) is 5.17. The lowest BCUT2D eigenvalue weighted by Gasteiger charge is -2.33. The Labute approximate surface area is 115 Å². The van der Waals surface area contributed by atoms with E-state index in [1.54, 1.807) is 0 Å². The second kappa shape index (κ2) is 5.80. The van der Waals surface area contributed by atoms with Crippen molar-refractivity contribution in [2.75, 3.05) is 13.2 Å². The second-order valence-corrected chi connectivity index (χ2v) is 6.67. The molecule has 0 aromatic carbocycles. The fraction of sp³-hybridized carbons (Fsp3) is 0.933. The van der Waals surface area contributed by atoms with E-state index >= 15 is 0 Å². The van der Waals surface area contributed by atoms with Crippen LogP contribution in [0.2, 0.25) is 0 Å². The highest BCUT2D eigenvalue weighted by molar-refractivity contribution is 5.75. The molecule has 1 aliphatic carbocycles. The zero-order valence-electron chi connectivity index (χ0n) is 12.3. The molecule has 4 heteroatoms. The minimum atomic E-state index is -0.619. The van der Waals surface area contributed by atoms with E-state index in [0.717, 1.165) is 38.9 Å². The van der Waals surface area contributed by atoms with E-state index in [9.17, 15) is 9.90 Å². The second-order valence-electron chi connectivity index (χ2n) is 6.67. The molecule has 1 unspecified atom stereocenters. The third-order valence-corrected chi connectivity index (χ3v) is 5.17. The van der Waals surface area contributed by atoms with Crippen molar-refractivity contribution < 1.29 is 14.6 Å².